The molecule has 0 amide bonds. The van der Waals surface area contributed by atoms with Gasteiger partial charge in [0, 0.05) is 12.1 Å². The zero-order valence-electron chi connectivity index (χ0n) is 13.4. The molecule has 0 spiro atoms. The van der Waals surface area contributed by atoms with Crippen LogP contribution in [-0.2, 0) is 4.79 Å². The van der Waals surface area contributed by atoms with Crippen LogP contribution in [0.2, 0.25) is 0 Å². The molecule has 0 aliphatic carbocycles. The molecule has 0 radical (unpaired) electrons. The van der Waals surface area contributed by atoms with Crippen molar-refractivity contribution in [1.82, 2.24) is 9.80 Å². The molecular weight excluding hydrogens is 264 g/mol. The third kappa shape index (κ3) is 2.98. The highest BCUT2D eigenvalue weighted by Gasteiger charge is 2.43. The molecule has 3 aliphatic heterocycles. The first-order chi connectivity index (χ1) is 10.1. The topological polar surface area (TPSA) is 43.8 Å². The predicted octanol–water partition coefficient (Wildman–Crippen LogP) is 2.58. The van der Waals surface area contributed by atoms with E-state index in [1.807, 2.05) is 0 Å². The van der Waals surface area contributed by atoms with Crippen LogP contribution in [0.4, 0.5) is 0 Å². The van der Waals surface area contributed by atoms with Crippen LogP contribution in [0.25, 0.3) is 0 Å². The monoisotopic (exact) mass is 294 g/mol. The van der Waals surface area contributed by atoms with E-state index >= 15 is 0 Å². The largest absolute Gasteiger partial charge is 0.481 e. The average Bonchev–Trinajstić information content (AvgIpc) is 2.95. The minimum atomic E-state index is -0.561. The summed E-state index contributed by atoms with van der Waals surface area (Å²) in [7, 11) is 0. The van der Waals surface area contributed by atoms with E-state index in [-0.39, 0.29) is 0 Å². The summed E-state index contributed by atoms with van der Waals surface area (Å²) in [5, 5.41) is 9.61. The number of fused-ring (bicyclic) bond motifs is 1. The van der Waals surface area contributed by atoms with Crippen molar-refractivity contribution in [1.29, 1.82) is 0 Å². The molecule has 3 aliphatic rings. The molecule has 2 unspecified atom stereocenters. The van der Waals surface area contributed by atoms with Crippen LogP contribution >= 0.6 is 0 Å². The van der Waals surface area contributed by atoms with Gasteiger partial charge in [-0.2, -0.15) is 0 Å². The van der Waals surface area contributed by atoms with Crippen molar-refractivity contribution in [2.24, 2.45) is 5.41 Å². The van der Waals surface area contributed by atoms with E-state index in [0.717, 1.165) is 44.8 Å². The Kier molecular flexibility index (Phi) is 4.55. The van der Waals surface area contributed by atoms with Crippen molar-refractivity contribution in [2.45, 2.75) is 70.4 Å². The van der Waals surface area contributed by atoms with Gasteiger partial charge in [-0.3, -0.25) is 4.79 Å². The number of carboxylic acids is 1. The number of carboxylic acid groups (broad SMARTS) is 1. The summed E-state index contributed by atoms with van der Waals surface area (Å²) < 4.78 is 0. The van der Waals surface area contributed by atoms with E-state index in [2.05, 4.69) is 16.7 Å². The van der Waals surface area contributed by atoms with Gasteiger partial charge < -0.3 is 14.9 Å². The minimum absolute atomic E-state index is 0.431. The second-order valence-electron chi connectivity index (χ2n) is 7.38. The van der Waals surface area contributed by atoms with Gasteiger partial charge in [-0.05, 0) is 71.1 Å². The normalized spacial score (nSPS) is 33.8. The Morgan fingerprint density at radius 1 is 1.10 bits per heavy atom. The third-order valence-corrected chi connectivity index (χ3v) is 6.25. The molecule has 21 heavy (non-hydrogen) atoms. The fraction of sp³-hybridized carbons (Fsp3) is 0.941. The van der Waals surface area contributed by atoms with Gasteiger partial charge in [-0.15, -0.1) is 0 Å². The number of hydrogen-bond donors (Lipinski definition) is 1. The fourth-order valence-corrected chi connectivity index (χ4v) is 4.90. The summed E-state index contributed by atoms with van der Waals surface area (Å²) in [6.45, 7) is 6.64. The van der Waals surface area contributed by atoms with Gasteiger partial charge in [-0.25, -0.2) is 0 Å². The van der Waals surface area contributed by atoms with E-state index in [0.29, 0.717) is 6.04 Å². The second kappa shape index (κ2) is 6.25. The SMILES string of the molecule is CCCC1(C(=O)O)CCN(C2CCN3CCCC3C2)CC1. The lowest BCUT2D eigenvalue weighted by molar-refractivity contribution is -0.153. The number of rotatable bonds is 4. The average molecular weight is 294 g/mol. The molecule has 3 fully saturated rings. The van der Waals surface area contributed by atoms with Crippen LogP contribution in [0, 0.1) is 5.41 Å². The van der Waals surface area contributed by atoms with E-state index < -0.39 is 11.4 Å². The van der Waals surface area contributed by atoms with Gasteiger partial charge in [0.1, 0.15) is 0 Å². The molecule has 0 bridgehead atoms. The van der Waals surface area contributed by atoms with Crippen molar-refractivity contribution in [2.75, 3.05) is 26.2 Å². The van der Waals surface area contributed by atoms with Gasteiger partial charge in [-0.1, -0.05) is 13.3 Å². The smallest absolute Gasteiger partial charge is 0.309 e. The molecule has 3 heterocycles. The van der Waals surface area contributed by atoms with Gasteiger partial charge in [0.2, 0.25) is 0 Å². The quantitative estimate of drug-likeness (QED) is 0.865. The van der Waals surface area contributed by atoms with Crippen molar-refractivity contribution in [3.05, 3.63) is 0 Å². The van der Waals surface area contributed by atoms with Crippen molar-refractivity contribution in [3.63, 3.8) is 0 Å². The Bertz CT molecular complexity index is 377. The van der Waals surface area contributed by atoms with Gasteiger partial charge in [0.25, 0.3) is 0 Å². The molecule has 120 valence electrons. The predicted molar refractivity (Wildman–Crippen MR) is 83.4 cm³/mol. The van der Waals surface area contributed by atoms with Crippen LogP contribution in [-0.4, -0.2) is 59.1 Å². The van der Waals surface area contributed by atoms with Gasteiger partial charge >= 0.3 is 5.97 Å². The first-order valence-electron chi connectivity index (χ1n) is 8.86. The lowest BCUT2D eigenvalue weighted by Crippen LogP contribution is -2.52. The van der Waals surface area contributed by atoms with Crippen molar-refractivity contribution >= 4 is 5.97 Å². The second-order valence-corrected chi connectivity index (χ2v) is 7.38. The summed E-state index contributed by atoms with van der Waals surface area (Å²) >= 11 is 0. The summed E-state index contributed by atoms with van der Waals surface area (Å²) in [6, 6.07) is 1.52. The minimum Gasteiger partial charge on any atom is -0.481 e. The Morgan fingerprint density at radius 3 is 2.43 bits per heavy atom. The highest BCUT2D eigenvalue weighted by atomic mass is 16.4. The van der Waals surface area contributed by atoms with Crippen LogP contribution < -0.4 is 0 Å². The first-order valence-corrected chi connectivity index (χ1v) is 8.86. The van der Waals surface area contributed by atoms with Crippen LogP contribution in [0.15, 0.2) is 0 Å². The van der Waals surface area contributed by atoms with E-state index in [4.69, 9.17) is 0 Å². The van der Waals surface area contributed by atoms with Crippen LogP contribution in [0.5, 0.6) is 0 Å². The molecule has 3 rings (SSSR count). The Balaban J connectivity index is 1.56. The summed E-state index contributed by atoms with van der Waals surface area (Å²) in [5.74, 6) is -0.561. The number of likely N-dealkylation sites (tertiary alicyclic amines) is 1. The number of piperidine rings is 2. The lowest BCUT2D eigenvalue weighted by atomic mass is 9.74. The number of nitrogens with zero attached hydrogens (tertiary/aromatic N) is 2. The van der Waals surface area contributed by atoms with Gasteiger partial charge in [0.05, 0.1) is 5.41 Å². The molecule has 1 N–H and O–H groups in total. The molecule has 0 aromatic heterocycles. The number of hydrogen-bond acceptors (Lipinski definition) is 3. The summed E-state index contributed by atoms with van der Waals surface area (Å²) in [4.78, 5) is 16.9. The molecule has 0 saturated carbocycles. The summed E-state index contributed by atoms with van der Waals surface area (Å²) in [5.41, 5.74) is -0.431. The number of aliphatic carboxylic acids is 1. The first kappa shape index (κ1) is 15.3. The molecule has 3 saturated heterocycles. The fourth-order valence-electron chi connectivity index (χ4n) is 4.90. The van der Waals surface area contributed by atoms with Crippen LogP contribution in [0.3, 0.4) is 0 Å². The summed E-state index contributed by atoms with van der Waals surface area (Å²) in [6.07, 6.45) is 8.86. The van der Waals surface area contributed by atoms with Crippen molar-refractivity contribution < 1.29 is 9.90 Å². The molecular formula is C17H30N2O2. The van der Waals surface area contributed by atoms with E-state index in [9.17, 15) is 9.90 Å². The zero-order valence-corrected chi connectivity index (χ0v) is 13.4. The van der Waals surface area contributed by atoms with E-state index in [1.54, 1.807) is 0 Å². The maximum atomic E-state index is 11.7. The standard InChI is InChI=1S/C17H30N2O2/c1-2-6-17(16(20)21)7-11-19(12-8-17)15-5-10-18-9-3-4-14(18)13-15/h14-15H,2-13H2,1H3,(H,20,21). The Morgan fingerprint density at radius 2 is 1.76 bits per heavy atom. The highest BCUT2D eigenvalue weighted by molar-refractivity contribution is 5.74. The maximum Gasteiger partial charge on any atom is 0.309 e. The van der Waals surface area contributed by atoms with E-state index in [1.165, 1.54) is 38.8 Å². The Labute approximate surface area is 128 Å². The van der Waals surface area contributed by atoms with Crippen LogP contribution in [0.1, 0.15) is 58.3 Å². The molecule has 0 aromatic carbocycles. The molecule has 2 atom stereocenters. The molecule has 0 aromatic rings. The zero-order chi connectivity index (χ0) is 14.9. The maximum absolute atomic E-state index is 11.7. The molecule has 4 heteroatoms. The third-order valence-electron chi connectivity index (χ3n) is 6.25. The lowest BCUT2D eigenvalue weighted by Gasteiger charge is -2.46. The molecule has 4 nitrogen and oxygen atoms in total. The Hall–Kier alpha value is -0.610. The van der Waals surface area contributed by atoms with Crippen molar-refractivity contribution in [3.8, 4) is 0 Å². The van der Waals surface area contributed by atoms with Gasteiger partial charge in [0.15, 0.2) is 0 Å². The number of carbonyl (C=O) groups is 1. The highest BCUT2D eigenvalue weighted by Crippen LogP contribution is 2.39.